The van der Waals surface area contributed by atoms with Gasteiger partial charge in [-0.2, -0.15) is 5.26 Å². The number of oxazole rings is 1. The van der Waals surface area contributed by atoms with Crippen LogP contribution in [0.15, 0.2) is 4.42 Å². The van der Waals surface area contributed by atoms with Crippen LogP contribution in [0.1, 0.15) is 18.0 Å². The fraction of sp³-hybridized carbons (Fsp3) is 0.375. The molecule has 0 unspecified atom stereocenters. The van der Waals surface area contributed by atoms with E-state index in [0.717, 1.165) is 0 Å². The Labute approximate surface area is 80.2 Å². The fourth-order valence-corrected chi connectivity index (χ4v) is 0.906. The van der Waals surface area contributed by atoms with E-state index < -0.39 is 5.97 Å². The zero-order valence-corrected chi connectivity index (χ0v) is 7.57. The lowest BCUT2D eigenvalue weighted by Crippen LogP contribution is -2.07. The van der Waals surface area contributed by atoms with Crippen molar-refractivity contribution in [3.8, 4) is 6.07 Å². The van der Waals surface area contributed by atoms with E-state index >= 15 is 0 Å². The molecule has 6 heteroatoms. The number of carboxylic acid groups (broad SMARTS) is 1. The third-order valence-electron chi connectivity index (χ3n) is 1.46. The van der Waals surface area contributed by atoms with Crippen LogP contribution in [0.3, 0.4) is 0 Å². The monoisotopic (exact) mass is 195 g/mol. The molecule has 1 aromatic rings. The molecule has 1 heterocycles. The van der Waals surface area contributed by atoms with Crippen molar-refractivity contribution in [2.45, 2.75) is 13.3 Å². The van der Waals surface area contributed by atoms with Gasteiger partial charge in [0, 0.05) is 13.5 Å². The molecule has 0 bridgehead atoms. The number of nitriles is 1. The number of rotatable bonds is 4. The summed E-state index contributed by atoms with van der Waals surface area (Å²) in [5.74, 6) is -0.308. The van der Waals surface area contributed by atoms with Crippen LogP contribution in [-0.4, -0.2) is 22.6 Å². The number of aryl methyl sites for hydroxylation is 1. The van der Waals surface area contributed by atoms with Gasteiger partial charge in [0.2, 0.25) is 11.6 Å². The summed E-state index contributed by atoms with van der Waals surface area (Å²) in [6, 6.07) is 1.84. The number of carbonyl (C=O) groups is 1. The van der Waals surface area contributed by atoms with Crippen LogP contribution >= 0.6 is 0 Å². The van der Waals surface area contributed by atoms with Crippen LogP contribution in [0, 0.1) is 18.3 Å². The molecule has 2 N–H and O–H groups in total. The second-order valence-corrected chi connectivity index (χ2v) is 2.59. The van der Waals surface area contributed by atoms with Crippen molar-refractivity contribution in [3.05, 3.63) is 11.6 Å². The molecule has 0 radical (unpaired) electrons. The summed E-state index contributed by atoms with van der Waals surface area (Å²) >= 11 is 0. The number of hydrogen-bond acceptors (Lipinski definition) is 5. The molecule has 14 heavy (non-hydrogen) atoms. The molecule has 0 aliphatic carbocycles. The van der Waals surface area contributed by atoms with Crippen LogP contribution in [0.2, 0.25) is 0 Å². The Balaban J connectivity index is 2.58. The molecule has 1 rings (SSSR count). The van der Waals surface area contributed by atoms with E-state index in [2.05, 4.69) is 10.3 Å². The smallest absolute Gasteiger partial charge is 0.305 e. The summed E-state index contributed by atoms with van der Waals surface area (Å²) in [5.41, 5.74) is 0.146. The van der Waals surface area contributed by atoms with Gasteiger partial charge in [-0.1, -0.05) is 0 Å². The van der Waals surface area contributed by atoms with Gasteiger partial charge in [-0.25, -0.2) is 4.98 Å². The summed E-state index contributed by atoms with van der Waals surface area (Å²) in [6.45, 7) is 1.82. The van der Waals surface area contributed by atoms with Crippen molar-refractivity contribution in [2.75, 3.05) is 11.9 Å². The molecule has 1 aromatic heterocycles. The maximum atomic E-state index is 10.2. The largest absolute Gasteiger partial charge is 0.481 e. The first-order chi connectivity index (χ1) is 6.63. The van der Waals surface area contributed by atoms with Crippen molar-refractivity contribution >= 4 is 11.9 Å². The fourth-order valence-electron chi connectivity index (χ4n) is 0.906. The molecule has 0 atom stereocenters. The van der Waals surface area contributed by atoms with Gasteiger partial charge in [-0.15, -0.1) is 0 Å². The molecule has 0 fully saturated rings. The lowest BCUT2D eigenvalue weighted by atomic mass is 10.4. The standard InChI is InChI=1S/C8H9N3O3/c1-5-11-6(4-9)8(14-5)10-3-2-7(12)13/h10H,2-3H2,1H3,(H,12,13). The van der Waals surface area contributed by atoms with Gasteiger partial charge in [-0.05, 0) is 0 Å². The lowest BCUT2D eigenvalue weighted by molar-refractivity contribution is -0.136. The van der Waals surface area contributed by atoms with Gasteiger partial charge in [0.15, 0.2) is 5.89 Å². The van der Waals surface area contributed by atoms with E-state index in [1.165, 1.54) is 0 Å². The summed E-state index contributed by atoms with van der Waals surface area (Å²) in [5, 5.41) is 19.7. The number of hydrogen-bond donors (Lipinski definition) is 2. The van der Waals surface area contributed by atoms with Crippen molar-refractivity contribution in [2.24, 2.45) is 0 Å². The van der Waals surface area contributed by atoms with Crippen LogP contribution in [0.4, 0.5) is 5.88 Å². The zero-order valence-electron chi connectivity index (χ0n) is 7.57. The SMILES string of the molecule is Cc1nc(C#N)c(NCCC(=O)O)o1. The highest BCUT2D eigenvalue weighted by Crippen LogP contribution is 2.15. The molecule has 6 nitrogen and oxygen atoms in total. The van der Waals surface area contributed by atoms with Crippen LogP contribution in [0.25, 0.3) is 0 Å². The lowest BCUT2D eigenvalue weighted by Gasteiger charge is -1.98. The van der Waals surface area contributed by atoms with Gasteiger partial charge in [-0.3, -0.25) is 4.79 Å². The van der Waals surface area contributed by atoms with Crippen molar-refractivity contribution in [3.63, 3.8) is 0 Å². The van der Waals surface area contributed by atoms with Gasteiger partial charge in [0.1, 0.15) is 6.07 Å². The topological polar surface area (TPSA) is 99.2 Å². The van der Waals surface area contributed by atoms with E-state index in [4.69, 9.17) is 14.8 Å². The first-order valence-electron chi connectivity index (χ1n) is 3.96. The maximum absolute atomic E-state index is 10.2. The minimum Gasteiger partial charge on any atom is -0.481 e. The predicted octanol–water partition coefficient (Wildman–Crippen LogP) is 0.741. The number of anilines is 1. The normalized spacial score (nSPS) is 9.43. The number of nitrogens with one attached hydrogen (secondary N) is 1. The number of carboxylic acids is 1. The number of nitrogens with zero attached hydrogens (tertiary/aromatic N) is 2. The van der Waals surface area contributed by atoms with Crippen LogP contribution in [-0.2, 0) is 4.79 Å². The Morgan fingerprint density at radius 2 is 2.50 bits per heavy atom. The summed E-state index contributed by atoms with van der Waals surface area (Å²) in [4.78, 5) is 14.0. The predicted molar refractivity (Wildman–Crippen MR) is 46.7 cm³/mol. The molecule has 74 valence electrons. The van der Waals surface area contributed by atoms with Crippen LogP contribution in [0.5, 0.6) is 0 Å². The number of aliphatic carboxylic acids is 1. The third-order valence-corrected chi connectivity index (χ3v) is 1.46. The molecular formula is C8H9N3O3. The summed E-state index contributed by atoms with van der Waals surface area (Å²) in [6.07, 6.45) is -0.0371. The molecular weight excluding hydrogens is 186 g/mol. The highest BCUT2D eigenvalue weighted by molar-refractivity contribution is 5.67. The molecule has 0 saturated carbocycles. The number of aromatic nitrogens is 1. The summed E-state index contributed by atoms with van der Waals surface area (Å²) < 4.78 is 5.05. The second kappa shape index (κ2) is 4.28. The van der Waals surface area contributed by atoms with E-state index in [1.807, 2.05) is 6.07 Å². The zero-order chi connectivity index (χ0) is 10.6. The third kappa shape index (κ3) is 2.48. The minimum absolute atomic E-state index is 0.0371. The van der Waals surface area contributed by atoms with E-state index in [0.29, 0.717) is 5.89 Å². The molecule has 0 saturated heterocycles. The van der Waals surface area contributed by atoms with Gasteiger partial charge in [0.25, 0.3) is 0 Å². The molecule has 0 aliphatic rings. The molecule has 0 aromatic carbocycles. The Hall–Kier alpha value is -2.03. The summed E-state index contributed by atoms with van der Waals surface area (Å²) in [7, 11) is 0. The molecule has 0 spiro atoms. The van der Waals surface area contributed by atoms with E-state index in [-0.39, 0.29) is 24.5 Å². The first kappa shape index (κ1) is 10.1. The van der Waals surface area contributed by atoms with Gasteiger partial charge in [0.05, 0.1) is 6.42 Å². The molecule has 0 amide bonds. The van der Waals surface area contributed by atoms with Crippen LogP contribution < -0.4 is 5.32 Å². The Bertz CT molecular complexity index is 378. The highest BCUT2D eigenvalue weighted by atomic mass is 16.4. The molecule has 0 aliphatic heterocycles. The second-order valence-electron chi connectivity index (χ2n) is 2.59. The minimum atomic E-state index is -0.910. The average molecular weight is 195 g/mol. The van der Waals surface area contributed by atoms with Crippen molar-refractivity contribution in [1.82, 2.24) is 4.98 Å². The first-order valence-corrected chi connectivity index (χ1v) is 3.96. The van der Waals surface area contributed by atoms with E-state index in [9.17, 15) is 4.79 Å². The van der Waals surface area contributed by atoms with Crippen molar-refractivity contribution < 1.29 is 14.3 Å². The van der Waals surface area contributed by atoms with E-state index in [1.54, 1.807) is 6.92 Å². The van der Waals surface area contributed by atoms with Crippen molar-refractivity contribution in [1.29, 1.82) is 5.26 Å². The Morgan fingerprint density at radius 1 is 1.79 bits per heavy atom. The maximum Gasteiger partial charge on any atom is 0.305 e. The Morgan fingerprint density at radius 3 is 3.07 bits per heavy atom. The van der Waals surface area contributed by atoms with Gasteiger partial charge >= 0.3 is 5.97 Å². The quantitative estimate of drug-likeness (QED) is 0.735. The Kier molecular flexibility index (Phi) is 3.07. The highest BCUT2D eigenvalue weighted by Gasteiger charge is 2.09. The average Bonchev–Trinajstić information content (AvgIpc) is 2.45. The van der Waals surface area contributed by atoms with Gasteiger partial charge < -0.3 is 14.8 Å².